The van der Waals surface area contributed by atoms with Gasteiger partial charge in [0.15, 0.2) is 0 Å². The molecule has 2 atom stereocenters. The number of aryl methyl sites for hydroxylation is 2. The molecule has 25 heavy (non-hydrogen) atoms. The van der Waals surface area contributed by atoms with Crippen LogP contribution in [-0.4, -0.2) is 54.5 Å². The molecule has 0 bridgehead atoms. The van der Waals surface area contributed by atoms with E-state index in [-0.39, 0.29) is 12.0 Å². The van der Waals surface area contributed by atoms with Crippen LogP contribution in [0.1, 0.15) is 43.7 Å². The molecule has 0 unspecified atom stereocenters. The molecule has 2 aliphatic heterocycles. The molecule has 0 N–H and O–H groups in total. The van der Waals surface area contributed by atoms with Gasteiger partial charge in [-0.15, -0.1) is 0 Å². The SMILES string of the molecule is Cc1ccc(C)c(OC2CCN(C(=O)[C@H]3CCN(C)[C@@H](C)C3)CC2)c1. The number of carbonyl (C=O) groups excluding carboxylic acids is 1. The molecule has 0 radical (unpaired) electrons. The molecule has 1 amide bonds. The minimum atomic E-state index is 0.211. The molecule has 0 spiro atoms. The summed E-state index contributed by atoms with van der Waals surface area (Å²) in [5, 5.41) is 0. The Hall–Kier alpha value is -1.55. The Kier molecular flexibility index (Phi) is 5.67. The van der Waals surface area contributed by atoms with E-state index in [9.17, 15) is 4.79 Å². The topological polar surface area (TPSA) is 32.8 Å². The molecule has 0 saturated carbocycles. The summed E-state index contributed by atoms with van der Waals surface area (Å²) in [4.78, 5) is 17.3. The monoisotopic (exact) mass is 344 g/mol. The number of amides is 1. The highest BCUT2D eigenvalue weighted by molar-refractivity contribution is 5.79. The van der Waals surface area contributed by atoms with Crippen molar-refractivity contribution in [3.8, 4) is 5.75 Å². The van der Waals surface area contributed by atoms with Gasteiger partial charge in [0.2, 0.25) is 5.91 Å². The highest BCUT2D eigenvalue weighted by Crippen LogP contribution is 2.27. The normalized spacial score (nSPS) is 25.8. The summed E-state index contributed by atoms with van der Waals surface area (Å²) in [5.41, 5.74) is 2.41. The Balaban J connectivity index is 1.51. The van der Waals surface area contributed by atoms with Crippen LogP contribution in [0.4, 0.5) is 0 Å². The highest BCUT2D eigenvalue weighted by Gasteiger charge is 2.33. The van der Waals surface area contributed by atoms with Crippen molar-refractivity contribution < 1.29 is 9.53 Å². The van der Waals surface area contributed by atoms with Crippen molar-refractivity contribution in [1.82, 2.24) is 9.80 Å². The summed E-state index contributed by atoms with van der Waals surface area (Å²) >= 11 is 0. The maximum atomic E-state index is 12.8. The molecular formula is C21H32N2O2. The first-order valence-electron chi connectivity index (χ1n) is 9.67. The number of hydrogen-bond acceptors (Lipinski definition) is 3. The number of benzene rings is 1. The van der Waals surface area contributed by atoms with E-state index in [0.29, 0.717) is 11.9 Å². The molecule has 2 saturated heterocycles. The third-order valence-corrected chi connectivity index (χ3v) is 5.95. The second-order valence-corrected chi connectivity index (χ2v) is 7.96. The van der Waals surface area contributed by atoms with Gasteiger partial charge in [-0.3, -0.25) is 4.79 Å². The molecule has 4 heteroatoms. The molecule has 0 aliphatic carbocycles. The van der Waals surface area contributed by atoms with Gasteiger partial charge in [0.1, 0.15) is 11.9 Å². The maximum absolute atomic E-state index is 12.8. The van der Waals surface area contributed by atoms with Crippen LogP contribution in [0.3, 0.4) is 0 Å². The standard InChI is InChI=1S/C21H32N2O2/c1-15-5-6-16(2)20(13-15)25-19-8-11-23(12-9-19)21(24)18-7-10-22(4)17(3)14-18/h5-6,13,17-19H,7-12,14H2,1-4H3/t17-,18-/m0/s1. The predicted octanol–water partition coefficient (Wildman–Crippen LogP) is 3.40. The van der Waals surface area contributed by atoms with E-state index in [4.69, 9.17) is 4.74 Å². The van der Waals surface area contributed by atoms with Crippen molar-refractivity contribution in [3.05, 3.63) is 29.3 Å². The van der Waals surface area contributed by atoms with Crippen LogP contribution in [0.2, 0.25) is 0 Å². The van der Waals surface area contributed by atoms with E-state index in [2.05, 4.69) is 55.8 Å². The number of rotatable bonds is 3. The Morgan fingerprint density at radius 1 is 1.12 bits per heavy atom. The molecule has 138 valence electrons. The van der Waals surface area contributed by atoms with Gasteiger partial charge in [0, 0.05) is 37.9 Å². The van der Waals surface area contributed by atoms with Crippen LogP contribution in [0, 0.1) is 19.8 Å². The van der Waals surface area contributed by atoms with Crippen molar-refractivity contribution in [1.29, 1.82) is 0 Å². The molecule has 2 heterocycles. The number of likely N-dealkylation sites (tertiary alicyclic amines) is 2. The van der Waals surface area contributed by atoms with E-state index < -0.39 is 0 Å². The van der Waals surface area contributed by atoms with E-state index >= 15 is 0 Å². The number of piperidine rings is 2. The average Bonchev–Trinajstić information content (AvgIpc) is 2.60. The van der Waals surface area contributed by atoms with Crippen LogP contribution in [-0.2, 0) is 4.79 Å². The summed E-state index contributed by atoms with van der Waals surface area (Å²) in [7, 11) is 2.15. The van der Waals surface area contributed by atoms with E-state index in [0.717, 1.165) is 51.1 Å². The lowest BCUT2D eigenvalue weighted by atomic mass is 9.90. The Morgan fingerprint density at radius 3 is 2.52 bits per heavy atom. The van der Waals surface area contributed by atoms with Crippen molar-refractivity contribution >= 4 is 5.91 Å². The smallest absolute Gasteiger partial charge is 0.225 e. The second-order valence-electron chi connectivity index (χ2n) is 7.96. The summed E-state index contributed by atoms with van der Waals surface area (Å²) in [6.45, 7) is 9.10. The Labute approximate surface area is 152 Å². The lowest BCUT2D eigenvalue weighted by molar-refractivity contribution is -0.139. The molecule has 1 aromatic rings. The number of ether oxygens (including phenoxy) is 1. The summed E-state index contributed by atoms with van der Waals surface area (Å²) in [5.74, 6) is 1.57. The molecule has 2 aliphatic rings. The fourth-order valence-corrected chi connectivity index (χ4v) is 3.98. The zero-order chi connectivity index (χ0) is 18.0. The van der Waals surface area contributed by atoms with Gasteiger partial charge < -0.3 is 14.5 Å². The van der Waals surface area contributed by atoms with Crippen LogP contribution < -0.4 is 4.74 Å². The molecular weight excluding hydrogens is 312 g/mol. The summed E-state index contributed by atoms with van der Waals surface area (Å²) < 4.78 is 6.23. The zero-order valence-corrected chi connectivity index (χ0v) is 16.1. The number of hydrogen-bond donors (Lipinski definition) is 0. The van der Waals surface area contributed by atoms with Crippen molar-refractivity contribution in [2.45, 2.75) is 58.6 Å². The zero-order valence-electron chi connectivity index (χ0n) is 16.1. The predicted molar refractivity (Wildman–Crippen MR) is 101 cm³/mol. The fourth-order valence-electron chi connectivity index (χ4n) is 3.98. The van der Waals surface area contributed by atoms with Gasteiger partial charge in [-0.05, 0) is 64.4 Å². The van der Waals surface area contributed by atoms with Crippen molar-refractivity contribution in [2.24, 2.45) is 5.92 Å². The Bertz CT molecular complexity index is 608. The molecule has 1 aromatic carbocycles. The summed E-state index contributed by atoms with van der Waals surface area (Å²) in [6.07, 6.45) is 4.08. The van der Waals surface area contributed by atoms with Crippen molar-refractivity contribution in [3.63, 3.8) is 0 Å². The average molecular weight is 344 g/mol. The first-order chi connectivity index (χ1) is 11.9. The molecule has 4 nitrogen and oxygen atoms in total. The minimum Gasteiger partial charge on any atom is -0.490 e. The fraction of sp³-hybridized carbons (Fsp3) is 0.667. The van der Waals surface area contributed by atoms with Gasteiger partial charge in [-0.25, -0.2) is 0 Å². The van der Waals surface area contributed by atoms with Gasteiger partial charge in [-0.1, -0.05) is 12.1 Å². The third kappa shape index (κ3) is 4.35. The van der Waals surface area contributed by atoms with Crippen LogP contribution in [0.5, 0.6) is 5.75 Å². The maximum Gasteiger partial charge on any atom is 0.225 e. The molecule has 2 fully saturated rings. The van der Waals surface area contributed by atoms with Gasteiger partial charge >= 0.3 is 0 Å². The second kappa shape index (κ2) is 7.77. The third-order valence-electron chi connectivity index (χ3n) is 5.95. The van der Waals surface area contributed by atoms with E-state index in [1.54, 1.807) is 0 Å². The summed E-state index contributed by atoms with van der Waals surface area (Å²) in [6, 6.07) is 6.86. The van der Waals surface area contributed by atoms with Gasteiger partial charge in [0.25, 0.3) is 0 Å². The lowest BCUT2D eigenvalue weighted by Gasteiger charge is -2.39. The van der Waals surface area contributed by atoms with E-state index in [1.807, 2.05) is 0 Å². The van der Waals surface area contributed by atoms with Crippen LogP contribution >= 0.6 is 0 Å². The Morgan fingerprint density at radius 2 is 1.84 bits per heavy atom. The van der Waals surface area contributed by atoms with Crippen molar-refractivity contribution in [2.75, 3.05) is 26.7 Å². The quantitative estimate of drug-likeness (QED) is 0.842. The first-order valence-corrected chi connectivity index (χ1v) is 9.67. The minimum absolute atomic E-state index is 0.211. The largest absolute Gasteiger partial charge is 0.490 e. The van der Waals surface area contributed by atoms with Crippen LogP contribution in [0.25, 0.3) is 0 Å². The molecule has 3 rings (SSSR count). The number of carbonyl (C=O) groups is 1. The van der Waals surface area contributed by atoms with Crippen LogP contribution in [0.15, 0.2) is 18.2 Å². The molecule has 0 aromatic heterocycles. The van der Waals surface area contributed by atoms with Gasteiger partial charge in [-0.2, -0.15) is 0 Å². The number of nitrogens with zero attached hydrogens (tertiary/aromatic N) is 2. The first kappa shape index (κ1) is 18.2. The lowest BCUT2D eigenvalue weighted by Crippen LogP contribution is -2.48. The van der Waals surface area contributed by atoms with Gasteiger partial charge in [0.05, 0.1) is 0 Å². The van der Waals surface area contributed by atoms with E-state index in [1.165, 1.54) is 11.1 Å². The highest BCUT2D eigenvalue weighted by atomic mass is 16.5.